The third-order valence-electron chi connectivity index (χ3n) is 22.6. The van der Waals surface area contributed by atoms with Crippen molar-refractivity contribution in [3.8, 4) is 136 Å². The smallest absolute Gasteiger partial charge is 0.164 e. The second-order valence-corrected chi connectivity index (χ2v) is 30.3. The summed E-state index contributed by atoms with van der Waals surface area (Å²) in [5, 5.41) is 13.6. The summed E-state index contributed by atoms with van der Waals surface area (Å²) in [7, 11) is 0. The highest BCUT2D eigenvalue weighted by Gasteiger charge is 2.22. The standard InChI is InChI=1S/C41H25N3O.C37H23N3O.C33H21N3O/c1-3-10-30-24-32(22-18-26(30)8-1)28-16-20-29(21-17-28)39-42-40(33-23-19-27-9-2-4-11-31(27)25-33)44-41(43-39)35-13-7-15-37-38(35)34-12-5-6-14-36(34)45-37;1-2-10-26(11-3-1)35-38-36(27-19-17-25(18-20-27)30-15-8-12-24-9-4-5-13-29(24)30)40-37(39-35)28-21-22-32-31-14-6-7-16-33(31)41-34(32)23-28;1-3-9-22(10-4-1)23-15-17-25(18-16-23)32-34-31(24-11-5-2-6-12-24)35-33(36-32)26-19-20-28-27-13-7-8-14-29(27)37-30(28)21-26/h1-25H;1-23H;1-21H. The molecule has 0 amide bonds. The average molecular weight is 1580 g/mol. The number of hydrogen-bond acceptors (Lipinski definition) is 12. The maximum atomic E-state index is 6.20. The van der Waals surface area contributed by atoms with Gasteiger partial charge in [0, 0.05) is 82.4 Å². The van der Waals surface area contributed by atoms with Crippen molar-refractivity contribution in [3.05, 3.63) is 419 Å². The number of hydrogen-bond donors (Lipinski definition) is 0. The Morgan fingerprint density at radius 2 is 0.407 bits per heavy atom. The topological polar surface area (TPSA) is 155 Å². The van der Waals surface area contributed by atoms with E-state index in [1.54, 1.807) is 0 Å². The van der Waals surface area contributed by atoms with Gasteiger partial charge in [-0.25, -0.2) is 44.9 Å². The van der Waals surface area contributed by atoms with Crippen molar-refractivity contribution >= 4 is 98.1 Å². The third-order valence-corrected chi connectivity index (χ3v) is 22.6. The first-order valence-electron chi connectivity index (χ1n) is 40.9. The van der Waals surface area contributed by atoms with Crippen LogP contribution in [0.3, 0.4) is 0 Å². The number of aromatic nitrogens is 9. The number of fused-ring (bicyclic) bond motifs is 12. The normalized spacial score (nSPS) is 11.4. The lowest BCUT2D eigenvalue weighted by atomic mass is 9.97. The molecule has 24 rings (SSSR count). The lowest BCUT2D eigenvalue weighted by molar-refractivity contribution is 0.668. The van der Waals surface area contributed by atoms with Crippen molar-refractivity contribution < 1.29 is 13.3 Å². The number of furan rings is 3. The molecule has 0 spiro atoms. The summed E-state index contributed by atoms with van der Waals surface area (Å²) in [5.74, 6) is 5.61. The molecule has 123 heavy (non-hydrogen) atoms. The minimum Gasteiger partial charge on any atom is -0.456 e. The van der Waals surface area contributed by atoms with Gasteiger partial charge in [0.05, 0.1) is 0 Å². The zero-order valence-corrected chi connectivity index (χ0v) is 66.1. The second kappa shape index (κ2) is 31.6. The number of benzene rings is 18. The van der Waals surface area contributed by atoms with E-state index in [0.717, 1.165) is 138 Å². The Bertz CT molecular complexity index is 8110. The molecule has 0 N–H and O–H groups in total. The summed E-state index contributed by atoms with van der Waals surface area (Å²) < 4.78 is 18.5. The minimum atomic E-state index is 0.606. The van der Waals surface area contributed by atoms with Crippen molar-refractivity contribution in [2.24, 2.45) is 0 Å². The van der Waals surface area contributed by atoms with Crippen LogP contribution in [0.4, 0.5) is 0 Å². The average Bonchev–Trinajstić information content (AvgIpc) is 1.68. The van der Waals surface area contributed by atoms with Crippen LogP contribution in [0.2, 0.25) is 0 Å². The summed E-state index contributed by atoms with van der Waals surface area (Å²) in [4.78, 5) is 44.5. The molecular weight excluding hydrogens is 1510 g/mol. The van der Waals surface area contributed by atoms with E-state index in [1.807, 2.05) is 158 Å². The van der Waals surface area contributed by atoms with E-state index in [1.165, 1.54) is 43.6 Å². The fourth-order valence-electron chi connectivity index (χ4n) is 16.4. The van der Waals surface area contributed by atoms with E-state index in [-0.39, 0.29) is 0 Å². The van der Waals surface area contributed by atoms with E-state index in [4.69, 9.17) is 58.1 Å². The van der Waals surface area contributed by atoms with Gasteiger partial charge in [-0.3, -0.25) is 0 Å². The van der Waals surface area contributed by atoms with Crippen molar-refractivity contribution in [2.45, 2.75) is 0 Å². The molecular formula is C111H69N9O3. The van der Waals surface area contributed by atoms with Crippen LogP contribution >= 0.6 is 0 Å². The molecule has 18 aromatic carbocycles. The summed E-state index contributed by atoms with van der Waals surface area (Å²) >= 11 is 0. The SMILES string of the molecule is c1ccc(-c2ccc(-c3nc(-c4ccccc4)nc(-c4ccc5c(c4)oc4ccccc45)n3)cc2)cc1.c1ccc(-c2nc(-c3ccc(-c4cccc5ccccc45)cc3)nc(-c3ccc4c(c3)oc3ccccc34)n2)cc1.c1ccc2cc(-c3ccc(-c4nc(-c5ccc6ccccc6c5)nc(-c5cccc6oc7ccccc7c56)n4)cc3)ccc2c1. The molecule has 12 nitrogen and oxygen atoms in total. The van der Waals surface area contributed by atoms with E-state index < -0.39 is 0 Å². The first kappa shape index (κ1) is 72.6. The summed E-state index contributed by atoms with van der Waals surface area (Å²) in [6.45, 7) is 0. The molecule has 0 aliphatic heterocycles. The molecule has 0 aliphatic rings. The predicted molar refractivity (Wildman–Crippen MR) is 499 cm³/mol. The van der Waals surface area contributed by atoms with Crippen LogP contribution in [-0.4, -0.2) is 44.9 Å². The van der Waals surface area contributed by atoms with Crippen LogP contribution in [0.5, 0.6) is 0 Å². The van der Waals surface area contributed by atoms with Crippen molar-refractivity contribution in [2.75, 3.05) is 0 Å². The van der Waals surface area contributed by atoms with Gasteiger partial charge in [0.2, 0.25) is 0 Å². The van der Waals surface area contributed by atoms with E-state index in [0.29, 0.717) is 52.4 Å². The van der Waals surface area contributed by atoms with E-state index in [2.05, 4.69) is 261 Å². The predicted octanol–water partition coefficient (Wildman–Crippen LogP) is 28.8. The summed E-state index contributed by atoms with van der Waals surface area (Å²) in [6, 6.07) is 143. The molecule has 12 heteroatoms. The lowest BCUT2D eigenvalue weighted by Gasteiger charge is -2.10. The van der Waals surface area contributed by atoms with Gasteiger partial charge in [0.25, 0.3) is 0 Å². The van der Waals surface area contributed by atoms with Gasteiger partial charge in [-0.1, -0.05) is 358 Å². The number of rotatable bonds is 12. The molecule has 576 valence electrons. The molecule has 6 aromatic heterocycles. The Morgan fingerprint density at radius 3 is 0.902 bits per heavy atom. The van der Waals surface area contributed by atoms with Crippen LogP contribution in [0, 0.1) is 0 Å². The first-order valence-corrected chi connectivity index (χ1v) is 40.9. The lowest BCUT2D eigenvalue weighted by Crippen LogP contribution is -2.00. The first-order chi connectivity index (χ1) is 60.9. The second-order valence-electron chi connectivity index (χ2n) is 30.3. The van der Waals surface area contributed by atoms with Crippen molar-refractivity contribution in [1.29, 1.82) is 0 Å². The third kappa shape index (κ3) is 14.4. The number of nitrogens with zero attached hydrogens (tertiary/aromatic N) is 9. The molecule has 0 saturated carbocycles. The zero-order chi connectivity index (χ0) is 81.5. The van der Waals surface area contributed by atoms with E-state index >= 15 is 0 Å². The van der Waals surface area contributed by atoms with E-state index in [9.17, 15) is 0 Å². The van der Waals surface area contributed by atoms with Gasteiger partial charge in [-0.05, 0) is 126 Å². The summed E-state index contributed by atoms with van der Waals surface area (Å²) in [5.41, 5.74) is 20.3. The molecule has 0 saturated heterocycles. The molecule has 0 aliphatic carbocycles. The maximum Gasteiger partial charge on any atom is 0.164 e. The molecule has 6 heterocycles. The molecule has 0 radical (unpaired) electrons. The Hall–Kier alpha value is -16.8. The zero-order valence-electron chi connectivity index (χ0n) is 66.1. The minimum absolute atomic E-state index is 0.606. The quantitative estimate of drug-likeness (QED) is 0.114. The van der Waals surface area contributed by atoms with Gasteiger partial charge in [-0.2, -0.15) is 0 Å². The number of para-hydroxylation sites is 3. The Kier molecular flexibility index (Phi) is 18.6. The van der Waals surface area contributed by atoms with Crippen molar-refractivity contribution in [3.63, 3.8) is 0 Å². The highest BCUT2D eigenvalue weighted by molar-refractivity contribution is 6.12. The molecule has 0 atom stereocenters. The Labute approximate surface area is 706 Å². The van der Waals surface area contributed by atoms with Crippen LogP contribution in [-0.2, 0) is 0 Å². The molecule has 0 fully saturated rings. The Morgan fingerprint density at radius 1 is 0.130 bits per heavy atom. The fraction of sp³-hybridized carbons (Fsp3) is 0. The summed E-state index contributed by atoms with van der Waals surface area (Å²) in [6.07, 6.45) is 0. The largest absolute Gasteiger partial charge is 0.456 e. The van der Waals surface area contributed by atoms with Crippen LogP contribution in [0.1, 0.15) is 0 Å². The fourth-order valence-corrected chi connectivity index (χ4v) is 16.4. The maximum absolute atomic E-state index is 6.20. The highest BCUT2D eigenvalue weighted by atomic mass is 16.3. The van der Waals surface area contributed by atoms with Gasteiger partial charge in [-0.15, -0.1) is 0 Å². The monoisotopic (exact) mass is 1580 g/mol. The highest BCUT2D eigenvalue weighted by Crippen LogP contribution is 2.41. The van der Waals surface area contributed by atoms with Crippen LogP contribution < -0.4 is 0 Å². The molecule has 0 unspecified atom stereocenters. The van der Waals surface area contributed by atoms with Gasteiger partial charge < -0.3 is 13.3 Å². The van der Waals surface area contributed by atoms with Gasteiger partial charge in [0.1, 0.15) is 33.5 Å². The van der Waals surface area contributed by atoms with Crippen molar-refractivity contribution in [1.82, 2.24) is 44.9 Å². The molecule has 24 aromatic rings. The molecule has 0 bridgehead atoms. The Balaban J connectivity index is 0.000000110. The van der Waals surface area contributed by atoms with Crippen LogP contribution in [0.25, 0.3) is 234 Å². The van der Waals surface area contributed by atoms with Gasteiger partial charge >= 0.3 is 0 Å². The van der Waals surface area contributed by atoms with Crippen LogP contribution in [0.15, 0.2) is 432 Å². The van der Waals surface area contributed by atoms with Gasteiger partial charge in [0.15, 0.2) is 52.4 Å².